The smallest absolute Gasteiger partial charge is 0.255 e. The highest BCUT2D eigenvalue weighted by atomic mass is 19.1. The number of nitrogens with one attached hydrogen (secondary N) is 2. The summed E-state index contributed by atoms with van der Waals surface area (Å²) in [4.78, 5) is 17.5. The van der Waals surface area contributed by atoms with Crippen LogP contribution in [0.3, 0.4) is 0 Å². The number of fused-ring (bicyclic) bond motifs is 1. The molecular weight excluding hydrogens is 412 g/mol. The average Bonchev–Trinajstić information content (AvgIpc) is 3.23. The molecular formula is C24H29F2N5O. The summed E-state index contributed by atoms with van der Waals surface area (Å²) in [5.41, 5.74) is 1.54. The number of aromatic nitrogens is 3. The van der Waals surface area contributed by atoms with Crippen LogP contribution in [-0.4, -0.2) is 26.7 Å². The first-order valence-corrected chi connectivity index (χ1v) is 11.3. The van der Waals surface area contributed by atoms with Crippen LogP contribution in [0, 0.1) is 17.6 Å². The number of aryl methyl sites for hydroxylation is 1. The van der Waals surface area contributed by atoms with Gasteiger partial charge in [-0.25, -0.2) is 18.4 Å². The zero-order valence-electron chi connectivity index (χ0n) is 18.5. The van der Waals surface area contributed by atoms with Crippen LogP contribution in [0.25, 0.3) is 11.0 Å². The van der Waals surface area contributed by atoms with Crippen LogP contribution in [-0.2, 0) is 13.1 Å². The molecule has 1 unspecified atom stereocenters. The molecule has 1 amide bonds. The molecule has 1 aromatic carbocycles. The van der Waals surface area contributed by atoms with Gasteiger partial charge >= 0.3 is 0 Å². The normalized spacial score (nSPS) is 15.6. The molecule has 2 heterocycles. The Kier molecular flexibility index (Phi) is 6.67. The SMILES string of the molecule is CCn1ncc2c(NC(C)C3CCCCC3)c(C(=O)NCc3c(F)cccc3F)cnc21. The summed E-state index contributed by atoms with van der Waals surface area (Å²) in [5.74, 6) is -1.29. The van der Waals surface area contributed by atoms with E-state index in [-0.39, 0.29) is 18.2 Å². The van der Waals surface area contributed by atoms with Gasteiger partial charge in [-0.1, -0.05) is 25.3 Å². The van der Waals surface area contributed by atoms with Crippen molar-refractivity contribution in [3.63, 3.8) is 0 Å². The number of benzene rings is 1. The number of carbonyl (C=O) groups excluding carboxylic acids is 1. The molecule has 1 fully saturated rings. The van der Waals surface area contributed by atoms with Gasteiger partial charge in [0.1, 0.15) is 11.6 Å². The summed E-state index contributed by atoms with van der Waals surface area (Å²) < 4.78 is 29.7. The van der Waals surface area contributed by atoms with E-state index in [1.807, 2.05) is 6.92 Å². The van der Waals surface area contributed by atoms with Crippen molar-refractivity contribution >= 4 is 22.6 Å². The van der Waals surface area contributed by atoms with Crippen molar-refractivity contribution in [2.45, 2.75) is 65.1 Å². The lowest BCUT2D eigenvalue weighted by Gasteiger charge is -2.29. The van der Waals surface area contributed by atoms with Crippen LogP contribution in [0.2, 0.25) is 0 Å². The van der Waals surface area contributed by atoms with Crippen molar-refractivity contribution in [1.29, 1.82) is 0 Å². The largest absolute Gasteiger partial charge is 0.381 e. The van der Waals surface area contributed by atoms with E-state index >= 15 is 0 Å². The Morgan fingerprint density at radius 2 is 1.91 bits per heavy atom. The van der Waals surface area contributed by atoms with Crippen LogP contribution >= 0.6 is 0 Å². The number of hydrogen-bond donors (Lipinski definition) is 2. The Labute approximate surface area is 186 Å². The number of rotatable bonds is 7. The van der Waals surface area contributed by atoms with Crippen LogP contribution in [0.1, 0.15) is 61.9 Å². The number of amides is 1. The summed E-state index contributed by atoms with van der Waals surface area (Å²) in [6, 6.07) is 3.82. The number of anilines is 1. The van der Waals surface area contributed by atoms with Crippen LogP contribution in [0.15, 0.2) is 30.6 Å². The molecule has 0 radical (unpaired) electrons. The third-order valence-corrected chi connectivity index (χ3v) is 6.43. The molecule has 1 saturated carbocycles. The van der Waals surface area contributed by atoms with E-state index in [1.165, 1.54) is 43.7 Å². The predicted octanol–water partition coefficient (Wildman–Crippen LogP) is 5.04. The molecule has 0 aliphatic heterocycles. The van der Waals surface area contributed by atoms with Crippen LogP contribution < -0.4 is 10.6 Å². The molecule has 170 valence electrons. The van der Waals surface area contributed by atoms with Gasteiger partial charge in [0.25, 0.3) is 5.91 Å². The number of pyridine rings is 1. The quantitative estimate of drug-likeness (QED) is 0.539. The van der Waals surface area contributed by atoms with E-state index in [9.17, 15) is 13.6 Å². The fourth-order valence-corrected chi connectivity index (χ4v) is 4.53. The minimum absolute atomic E-state index is 0.168. The van der Waals surface area contributed by atoms with E-state index in [4.69, 9.17) is 0 Å². The first-order chi connectivity index (χ1) is 15.5. The minimum atomic E-state index is -0.688. The minimum Gasteiger partial charge on any atom is -0.381 e. The van der Waals surface area contributed by atoms with E-state index in [2.05, 4.69) is 27.6 Å². The molecule has 3 aromatic rings. The van der Waals surface area contributed by atoms with E-state index < -0.39 is 17.5 Å². The Balaban J connectivity index is 1.63. The van der Waals surface area contributed by atoms with Gasteiger partial charge in [-0.15, -0.1) is 0 Å². The number of carbonyl (C=O) groups is 1. The molecule has 6 nitrogen and oxygen atoms in total. The molecule has 2 N–H and O–H groups in total. The van der Waals surface area contributed by atoms with Gasteiger partial charge in [0.2, 0.25) is 0 Å². The van der Waals surface area contributed by atoms with Crippen molar-refractivity contribution < 1.29 is 13.6 Å². The lowest BCUT2D eigenvalue weighted by atomic mass is 9.84. The molecule has 8 heteroatoms. The zero-order valence-corrected chi connectivity index (χ0v) is 18.5. The number of halogens is 2. The van der Waals surface area contributed by atoms with Crippen molar-refractivity contribution in [2.24, 2.45) is 5.92 Å². The third-order valence-electron chi connectivity index (χ3n) is 6.43. The number of hydrogen-bond acceptors (Lipinski definition) is 4. The summed E-state index contributed by atoms with van der Waals surface area (Å²) in [6.07, 6.45) is 9.26. The maximum atomic E-state index is 14.0. The predicted molar refractivity (Wildman–Crippen MR) is 120 cm³/mol. The maximum Gasteiger partial charge on any atom is 0.255 e. The summed E-state index contributed by atoms with van der Waals surface area (Å²) in [6.45, 7) is 4.53. The second kappa shape index (κ2) is 9.63. The standard InChI is InChI=1S/C24H29F2N5O/c1-3-31-23-18(14-29-31)22(30-15(2)16-8-5-4-6-9-16)19(13-27-23)24(32)28-12-17-20(25)10-7-11-21(17)26/h7,10-11,13-16H,3-6,8-9,12H2,1-2H3,(H,27,30)(H,28,32). The van der Waals surface area contributed by atoms with E-state index in [0.29, 0.717) is 29.4 Å². The van der Waals surface area contributed by atoms with Crippen molar-refractivity contribution in [3.8, 4) is 0 Å². The van der Waals surface area contributed by atoms with E-state index in [0.717, 1.165) is 18.2 Å². The first kappa shape index (κ1) is 22.2. The lowest BCUT2D eigenvalue weighted by Crippen LogP contribution is -2.30. The Bertz CT molecular complexity index is 1090. The van der Waals surface area contributed by atoms with Gasteiger partial charge in [-0.3, -0.25) is 4.79 Å². The van der Waals surface area contributed by atoms with Crippen molar-refractivity contribution in [3.05, 3.63) is 53.4 Å². The van der Waals surface area contributed by atoms with Crippen LogP contribution in [0.4, 0.5) is 14.5 Å². The van der Waals surface area contributed by atoms with Gasteiger partial charge in [-0.2, -0.15) is 5.10 Å². The molecule has 0 saturated heterocycles. The van der Waals surface area contributed by atoms with E-state index in [1.54, 1.807) is 10.9 Å². The fraction of sp³-hybridized carbons (Fsp3) is 0.458. The fourth-order valence-electron chi connectivity index (χ4n) is 4.53. The zero-order chi connectivity index (χ0) is 22.7. The maximum absolute atomic E-state index is 14.0. The highest BCUT2D eigenvalue weighted by Crippen LogP contribution is 2.32. The highest BCUT2D eigenvalue weighted by molar-refractivity contribution is 6.06. The van der Waals surface area contributed by atoms with Gasteiger partial charge in [0.05, 0.1) is 22.8 Å². The summed E-state index contributed by atoms with van der Waals surface area (Å²) in [5, 5.41) is 11.4. The second-order valence-electron chi connectivity index (χ2n) is 8.46. The number of nitrogens with zero attached hydrogens (tertiary/aromatic N) is 3. The Hall–Kier alpha value is -3.03. The van der Waals surface area contributed by atoms with Gasteiger partial charge in [0, 0.05) is 30.9 Å². The van der Waals surface area contributed by atoms with Crippen LogP contribution in [0.5, 0.6) is 0 Å². The Morgan fingerprint density at radius 1 is 1.19 bits per heavy atom. The molecule has 0 spiro atoms. The lowest BCUT2D eigenvalue weighted by molar-refractivity contribution is 0.0950. The molecule has 4 rings (SSSR count). The Morgan fingerprint density at radius 3 is 2.59 bits per heavy atom. The molecule has 1 aliphatic carbocycles. The van der Waals surface area contributed by atoms with Gasteiger partial charge in [-0.05, 0) is 44.7 Å². The monoisotopic (exact) mass is 441 g/mol. The molecule has 32 heavy (non-hydrogen) atoms. The summed E-state index contributed by atoms with van der Waals surface area (Å²) >= 11 is 0. The van der Waals surface area contributed by atoms with Crippen molar-refractivity contribution in [2.75, 3.05) is 5.32 Å². The molecule has 0 bridgehead atoms. The first-order valence-electron chi connectivity index (χ1n) is 11.3. The van der Waals surface area contributed by atoms with Crippen molar-refractivity contribution in [1.82, 2.24) is 20.1 Å². The molecule has 2 aromatic heterocycles. The topological polar surface area (TPSA) is 71.8 Å². The molecule has 1 atom stereocenters. The average molecular weight is 442 g/mol. The second-order valence-corrected chi connectivity index (χ2v) is 8.46. The van der Waals surface area contributed by atoms with Gasteiger partial charge < -0.3 is 10.6 Å². The molecule has 1 aliphatic rings. The highest BCUT2D eigenvalue weighted by Gasteiger charge is 2.24. The summed E-state index contributed by atoms with van der Waals surface area (Å²) in [7, 11) is 0. The van der Waals surface area contributed by atoms with Gasteiger partial charge in [0.15, 0.2) is 5.65 Å². The third kappa shape index (κ3) is 4.45.